The van der Waals surface area contributed by atoms with Gasteiger partial charge in [-0.15, -0.1) is 0 Å². The van der Waals surface area contributed by atoms with Gasteiger partial charge < -0.3 is 14.5 Å². The van der Waals surface area contributed by atoms with Gasteiger partial charge in [0.05, 0.1) is 13.2 Å². The first-order valence-electron chi connectivity index (χ1n) is 5.83. The molecule has 0 radical (unpaired) electrons. The molecule has 17 heavy (non-hydrogen) atoms. The molecule has 4 heteroatoms. The molecule has 0 saturated carbocycles. The Balaban J connectivity index is 2.15. The Morgan fingerprint density at radius 1 is 1.29 bits per heavy atom. The van der Waals surface area contributed by atoms with Crippen LogP contribution in [0.5, 0.6) is 0 Å². The molecule has 1 heterocycles. The van der Waals surface area contributed by atoms with Crippen molar-refractivity contribution in [3.63, 3.8) is 0 Å². The number of amides is 1. The van der Waals surface area contributed by atoms with E-state index in [1.807, 2.05) is 48.2 Å². The number of morpholine rings is 1. The van der Waals surface area contributed by atoms with Gasteiger partial charge >= 0.3 is 0 Å². The summed E-state index contributed by atoms with van der Waals surface area (Å²) in [4.78, 5) is 16.1. The minimum absolute atomic E-state index is 0.0944. The Hall–Kier alpha value is -1.55. The summed E-state index contributed by atoms with van der Waals surface area (Å²) >= 11 is 0. The molecule has 1 saturated heterocycles. The third-order valence-electron chi connectivity index (χ3n) is 2.91. The monoisotopic (exact) mass is 234 g/mol. The smallest absolute Gasteiger partial charge is 0.254 e. The van der Waals surface area contributed by atoms with E-state index in [0.717, 1.165) is 11.3 Å². The number of carbonyl (C=O) groups excluding carboxylic acids is 1. The summed E-state index contributed by atoms with van der Waals surface area (Å²) in [6.45, 7) is 2.65. The van der Waals surface area contributed by atoms with E-state index < -0.39 is 0 Å². The van der Waals surface area contributed by atoms with Gasteiger partial charge in [0, 0.05) is 38.4 Å². The predicted molar refractivity (Wildman–Crippen MR) is 67.5 cm³/mol. The standard InChI is InChI=1S/C13H18N2O2/c1-14(2)12-5-3-4-11(10-12)13(16)15-6-8-17-9-7-15/h3-5,10H,6-9H2,1-2H3. The van der Waals surface area contributed by atoms with E-state index >= 15 is 0 Å². The van der Waals surface area contributed by atoms with Crippen molar-refractivity contribution in [3.8, 4) is 0 Å². The largest absolute Gasteiger partial charge is 0.378 e. The molecule has 1 amide bonds. The fourth-order valence-electron chi connectivity index (χ4n) is 1.87. The van der Waals surface area contributed by atoms with E-state index in [1.165, 1.54) is 0 Å². The molecular formula is C13H18N2O2. The van der Waals surface area contributed by atoms with E-state index in [-0.39, 0.29) is 5.91 Å². The average molecular weight is 234 g/mol. The summed E-state index contributed by atoms with van der Waals surface area (Å²) in [5.41, 5.74) is 1.79. The van der Waals surface area contributed by atoms with Gasteiger partial charge in [-0.1, -0.05) is 6.07 Å². The SMILES string of the molecule is CN(C)c1cccc(C(=O)N2CCOCC2)c1. The van der Waals surface area contributed by atoms with Crippen LogP contribution in [0.3, 0.4) is 0 Å². The van der Waals surface area contributed by atoms with Crippen molar-refractivity contribution in [2.45, 2.75) is 0 Å². The summed E-state index contributed by atoms with van der Waals surface area (Å²) in [5, 5.41) is 0. The lowest BCUT2D eigenvalue weighted by Gasteiger charge is -2.27. The van der Waals surface area contributed by atoms with Gasteiger partial charge in [0.1, 0.15) is 0 Å². The van der Waals surface area contributed by atoms with Gasteiger partial charge in [0.2, 0.25) is 0 Å². The fourth-order valence-corrected chi connectivity index (χ4v) is 1.87. The first kappa shape index (κ1) is 11.9. The third kappa shape index (κ3) is 2.77. The average Bonchev–Trinajstić information content (AvgIpc) is 2.39. The number of nitrogens with zero attached hydrogens (tertiary/aromatic N) is 2. The van der Waals surface area contributed by atoms with Crippen LogP contribution >= 0.6 is 0 Å². The maximum atomic E-state index is 12.2. The van der Waals surface area contributed by atoms with Gasteiger partial charge in [0.25, 0.3) is 5.91 Å². The molecule has 0 unspecified atom stereocenters. The number of hydrogen-bond donors (Lipinski definition) is 0. The zero-order chi connectivity index (χ0) is 12.3. The maximum Gasteiger partial charge on any atom is 0.254 e. The number of hydrogen-bond acceptors (Lipinski definition) is 3. The molecule has 0 N–H and O–H groups in total. The highest BCUT2D eigenvalue weighted by molar-refractivity contribution is 5.95. The third-order valence-corrected chi connectivity index (χ3v) is 2.91. The lowest BCUT2D eigenvalue weighted by molar-refractivity contribution is 0.0303. The molecule has 1 aliphatic heterocycles. The van der Waals surface area contributed by atoms with Gasteiger partial charge in [0.15, 0.2) is 0 Å². The molecule has 1 aromatic rings. The number of benzene rings is 1. The summed E-state index contributed by atoms with van der Waals surface area (Å²) in [7, 11) is 3.94. The van der Waals surface area contributed by atoms with Crippen LogP contribution in [0.4, 0.5) is 5.69 Å². The van der Waals surface area contributed by atoms with Gasteiger partial charge in [-0.05, 0) is 18.2 Å². The molecule has 0 aliphatic carbocycles. The van der Waals surface area contributed by atoms with Gasteiger partial charge in [-0.25, -0.2) is 0 Å². The van der Waals surface area contributed by atoms with E-state index in [2.05, 4.69) is 0 Å². The Bertz CT molecular complexity index is 398. The van der Waals surface area contributed by atoms with Crippen molar-refractivity contribution in [1.29, 1.82) is 0 Å². The second-order valence-electron chi connectivity index (χ2n) is 4.35. The van der Waals surface area contributed by atoms with Crippen molar-refractivity contribution in [2.24, 2.45) is 0 Å². The van der Waals surface area contributed by atoms with E-state index in [9.17, 15) is 4.79 Å². The van der Waals surface area contributed by atoms with Crippen molar-refractivity contribution >= 4 is 11.6 Å². The first-order valence-corrected chi connectivity index (χ1v) is 5.83. The molecule has 1 fully saturated rings. The predicted octanol–water partition coefficient (Wildman–Crippen LogP) is 1.22. The first-order chi connectivity index (χ1) is 8.18. The minimum Gasteiger partial charge on any atom is -0.378 e. The summed E-state index contributed by atoms with van der Waals surface area (Å²) in [5.74, 6) is 0.0944. The van der Waals surface area contributed by atoms with E-state index in [1.54, 1.807) is 0 Å². The molecule has 0 aromatic heterocycles. The number of ether oxygens (including phenoxy) is 1. The highest BCUT2D eigenvalue weighted by atomic mass is 16.5. The van der Waals surface area contributed by atoms with Crippen LogP contribution in [0, 0.1) is 0 Å². The second-order valence-corrected chi connectivity index (χ2v) is 4.35. The molecule has 92 valence electrons. The van der Waals surface area contributed by atoms with Crippen LogP contribution in [0.15, 0.2) is 24.3 Å². The topological polar surface area (TPSA) is 32.8 Å². The minimum atomic E-state index is 0.0944. The second kappa shape index (κ2) is 5.19. The Labute approximate surface area is 102 Å². The van der Waals surface area contributed by atoms with E-state index in [0.29, 0.717) is 26.3 Å². The lowest BCUT2D eigenvalue weighted by atomic mass is 10.1. The van der Waals surface area contributed by atoms with Crippen LogP contribution < -0.4 is 4.90 Å². The zero-order valence-electron chi connectivity index (χ0n) is 10.3. The Kier molecular flexibility index (Phi) is 3.64. The van der Waals surface area contributed by atoms with Crippen molar-refractivity contribution in [3.05, 3.63) is 29.8 Å². The molecule has 2 rings (SSSR count). The van der Waals surface area contributed by atoms with Crippen molar-refractivity contribution in [1.82, 2.24) is 4.90 Å². The number of rotatable bonds is 2. The quantitative estimate of drug-likeness (QED) is 0.771. The van der Waals surface area contributed by atoms with E-state index in [4.69, 9.17) is 4.74 Å². The van der Waals surface area contributed by atoms with Crippen molar-refractivity contribution < 1.29 is 9.53 Å². The summed E-state index contributed by atoms with van der Waals surface area (Å²) in [6.07, 6.45) is 0. The molecule has 1 aliphatic rings. The van der Waals surface area contributed by atoms with Crippen LogP contribution in [0.2, 0.25) is 0 Å². The number of anilines is 1. The summed E-state index contributed by atoms with van der Waals surface area (Å²) in [6, 6.07) is 7.71. The fraction of sp³-hybridized carbons (Fsp3) is 0.462. The van der Waals surface area contributed by atoms with Gasteiger partial charge in [-0.2, -0.15) is 0 Å². The van der Waals surface area contributed by atoms with Crippen LogP contribution in [0.25, 0.3) is 0 Å². The maximum absolute atomic E-state index is 12.2. The van der Waals surface area contributed by atoms with Crippen molar-refractivity contribution in [2.75, 3.05) is 45.3 Å². The Morgan fingerprint density at radius 3 is 2.65 bits per heavy atom. The highest BCUT2D eigenvalue weighted by Crippen LogP contribution is 2.15. The zero-order valence-corrected chi connectivity index (χ0v) is 10.3. The molecular weight excluding hydrogens is 216 g/mol. The molecule has 1 aromatic carbocycles. The molecule has 0 atom stereocenters. The molecule has 4 nitrogen and oxygen atoms in total. The lowest BCUT2D eigenvalue weighted by Crippen LogP contribution is -2.40. The highest BCUT2D eigenvalue weighted by Gasteiger charge is 2.18. The van der Waals surface area contributed by atoms with Gasteiger partial charge in [-0.3, -0.25) is 4.79 Å². The van der Waals surface area contributed by atoms with Crippen LogP contribution in [0.1, 0.15) is 10.4 Å². The Morgan fingerprint density at radius 2 is 2.00 bits per heavy atom. The molecule has 0 spiro atoms. The van der Waals surface area contributed by atoms with Crippen LogP contribution in [-0.4, -0.2) is 51.2 Å². The normalized spacial score (nSPS) is 15.8. The van der Waals surface area contributed by atoms with Crippen LogP contribution in [-0.2, 0) is 4.74 Å². The number of carbonyl (C=O) groups is 1. The summed E-state index contributed by atoms with van der Waals surface area (Å²) < 4.78 is 5.25. The molecule has 0 bridgehead atoms.